The van der Waals surface area contributed by atoms with E-state index in [2.05, 4.69) is 5.32 Å². The van der Waals surface area contributed by atoms with Crippen molar-refractivity contribution in [2.75, 3.05) is 7.11 Å². The molecule has 31 heavy (non-hydrogen) atoms. The van der Waals surface area contributed by atoms with Gasteiger partial charge in [-0.15, -0.1) is 0 Å². The summed E-state index contributed by atoms with van der Waals surface area (Å²) in [6.07, 6.45) is 0.860. The minimum Gasteiger partial charge on any atom is -0.467 e. The van der Waals surface area contributed by atoms with Gasteiger partial charge in [0.15, 0.2) is 0 Å². The number of nitrogens with one attached hydrogen (secondary N) is 1. The minimum atomic E-state index is -0.844. The maximum Gasteiger partial charge on any atom is 0.328 e. The molecule has 2 aromatic rings. The summed E-state index contributed by atoms with van der Waals surface area (Å²) in [5, 5.41) is 2.70. The fraction of sp³-hybridized carbons (Fsp3) is 0.304. The molecular formula is C23H25NO7. The zero-order valence-corrected chi connectivity index (χ0v) is 17.7. The fourth-order valence-corrected chi connectivity index (χ4v) is 2.85. The van der Waals surface area contributed by atoms with E-state index in [4.69, 9.17) is 14.2 Å². The first-order valence-electron chi connectivity index (χ1n) is 9.68. The van der Waals surface area contributed by atoms with Gasteiger partial charge in [-0.2, -0.15) is 0 Å². The highest BCUT2D eigenvalue weighted by molar-refractivity contribution is 5.84. The lowest BCUT2D eigenvalue weighted by Gasteiger charge is -2.17. The summed E-state index contributed by atoms with van der Waals surface area (Å²) in [4.78, 5) is 46.4. The van der Waals surface area contributed by atoms with Gasteiger partial charge in [-0.25, -0.2) is 4.79 Å². The monoisotopic (exact) mass is 427 g/mol. The van der Waals surface area contributed by atoms with Gasteiger partial charge in [-0.1, -0.05) is 24.3 Å². The Morgan fingerprint density at radius 1 is 0.806 bits per heavy atom. The molecule has 0 saturated heterocycles. The van der Waals surface area contributed by atoms with Crippen LogP contribution in [0, 0.1) is 0 Å². The lowest BCUT2D eigenvalue weighted by Crippen LogP contribution is -2.43. The smallest absolute Gasteiger partial charge is 0.328 e. The molecule has 8 nitrogen and oxygen atoms in total. The Morgan fingerprint density at radius 3 is 1.74 bits per heavy atom. The average molecular weight is 427 g/mol. The Morgan fingerprint density at radius 2 is 1.29 bits per heavy atom. The third kappa shape index (κ3) is 8.30. The second kappa shape index (κ2) is 11.5. The highest BCUT2D eigenvalue weighted by Gasteiger charge is 2.22. The summed E-state index contributed by atoms with van der Waals surface area (Å²) in [7, 11) is 1.26. The quantitative estimate of drug-likeness (QED) is 0.483. The Hall–Kier alpha value is -3.68. The van der Waals surface area contributed by atoms with Crippen molar-refractivity contribution in [2.24, 2.45) is 0 Å². The number of methoxy groups -OCH3 is 1. The van der Waals surface area contributed by atoms with Crippen molar-refractivity contribution in [3.63, 3.8) is 0 Å². The van der Waals surface area contributed by atoms with Crippen molar-refractivity contribution in [3.8, 4) is 11.5 Å². The van der Waals surface area contributed by atoms with Gasteiger partial charge in [-0.3, -0.25) is 14.4 Å². The zero-order valence-electron chi connectivity index (χ0n) is 17.7. The number of rotatable bonds is 9. The minimum absolute atomic E-state index is 0.172. The van der Waals surface area contributed by atoms with E-state index in [1.807, 2.05) is 0 Å². The van der Waals surface area contributed by atoms with Gasteiger partial charge in [0, 0.05) is 26.7 Å². The van der Waals surface area contributed by atoms with E-state index in [0.717, 1.165) is 11.1 Å². The third-order valence-electron chi connectivity index (χ3n) is 4.27. The molecule has 164 valence electrons. The van der Waals surface area contributed by atoms with Gasteiger partial charge >= 0.3 is 17.9 Å². The van der Waals surface area contributed by atoms with Gasteiger partial charge in [0.25, 0.3) is 0 Å². The van der Waals surface area contributed by atoms with E-state index in [-0.39, 0.29) is 18.7 Å². The molecule has 0 heterocycles. The predicted molar refractivity (Wildman–Crippen MR) is 111 cm³/mol. The van der Waals surface area contributed by atoms with Crippen LogP contribution in [0.3, 0.4) is 0 Å². The molecule has 0 aromatic heterocycles. The molecule has 0 fully saturated rings. The van der Waals surface area contributed by atoms with Crippen LogP contribution in [0.4, 0.5) is 0 Å². The number of carbonyl (C=O) groups excluding carboxylic acids is 4. The number of carbonyl (C=O) groups is 4. The van der Waals surface area contributed by atoms with Gasteiger partial charge in [-0.05, 0) is 41.8 Å². The summed E-state index contributed by atoms with van der Waals surface area (Å²) in [5.41, 5.74) is 1.66. The van der Waals surface area contributed by atoms with Crippen molar-refractivity contribution in [1.29, 1.82) is 0 Å². The Labute approximate surface area is 180 Å². The Kier molecular flexibility index (Phi) is 8.75. The number of hydrogen-bond donors (Lipinski definition) is 1. The molecule has 2 rings (SSSR count). The third-order valence-corrected chi connectivity index (χ3v) is 4.27. The number of hydrogen-bond acceptors (Lipinski definition) is 7. The van der Waals surface area contributed by atoms with Crippen molar-refractivity contribution >= 4 is 23.8 Å². The van der Waals surface area contributed by atoms with Crippen LogP contribution in [0.5, 0.6) is 11.5 Å². The molecule has 0 radical (unpaired) electrons. The summed E-state index contributed by atoms with van der Waals surface area (Å²) < 4.78 is 14.8. The van der Waals surface area contributed by atoms with Gasteiger partial charge in [0.1, 0.15) is 17.5 Å². The molecule has 0 saturated carbocycles. The van der Waals surface area contributed by atoms with Gasteiger partial charge in [0.05, 0.1) is 7.11 Å². The first kappa shape index (κ1) is 23.6. The molecule has 0 aliphatic carbocycles. The maximum atomic E-state index is 12.4. The molecule has 1 unspecified atom stereocenters. The summed E-state index contributed by atoms with van der Waals surface area (Å²) in [6.45, 7) is 2.63. The van der Waals surface area contributed by atoms with Crippen molar-refractivity contribution in [1.82, 2.24) is 5.32 Å². The molecule has 8 heteroatoms. The standard InChI is InChI=1S/C23H25NO7/c1-15(25)30-19-9-4-17(5-10-19)8-13-22(27)24-21(23(28)29-3)14-18-6-11-20(12-7-18)31-16(2)26/h4-7,9-12,21H,8,13-14H2,1-3H3,(H,24,27). The molecule has 1 amide bonds. The van der Waals surface area contributed by atoms with Gasteiger partial charge < -0.3 is 19.5 Å². The number of benzene rings is 2. The van der Waals surface area contributed by atoms with Crippen molar-refractivity contribution in [2.45, 2.75) is 39.2 Å². The first-order valence-corrected chi connectivity index (χ1v) is 9.68. The second-order valence-corrected chi connectivity index (χ2v) is 6.82. The van der Waals surface area contributed by atoms with Gasteiger partial charge in [0.2, 0.25) is 5.91 Å². The maximum absolute atomic E-state index is 12.4. The highest BCUT2D eigenvalue weighted by atomic mass is 16.5. The molecule has 1 atom stereocenters. The molecule has 0 aliphatic heterocycles. The SMILES string of the molecule is COC(=O)C(Cc1ccc(OC(C)=O)cc1)NC(=O)CCc1ccc(OC(C)=O)cc1. The van der Waals surface area contributed by atoms with Crippen LogP contribution in [-0.4, -0.2) is 37.0 Å². The van der Waals surface area contributed by atoms with Crippen LogP contribution < -0.4 is 14.8 Å². The summed E-state index contributed by atoms with van der Waals surface area (Å²) in [6, 6.07) is 12.7. The summed E-state index contributed by atoms with van der Waals surface area (Å²) >= 11 is 0. The average Bonchev–Trinajstić information content (AvgIpc) is 2.72. The molecular weight excluding hydrogens is 402 g/mol. The number of esters is 3. The highest BCUT2D eigenvalue weighted by Crippen LogP contribution is 2.15. The Balaban J connectivity index is 1.92. The molecule has 1 N–H and O–H groups in total. The van der Waals surface area contributed by atoms with Crippen LogP contribution in [0.15, 0.2) is 48.5 Å². The van der Waals surface area contributed by atoms with Crippen LogP contribution >= 0.6 is 0 Å². The zero-order chi connectivity index (χ0) is 22.8. The van der Waals surface area contributed by atoms with E-state index >= 15 is 0 Å². The molecule has 2 aromatic carbocycles. The summed E-state index contributed by atoms with van der Waals surface area (Å²) in [5.74, 6) is -0.838. The lowest BCUT2D eigenvalue weighted by molar-refractivity contribution is -0.145. The van der Waals surface area contributed by atoms with Crippen LogP contribution in [0.25, 0.3) is 0 Å². The predicted octanol–water partition coefficient (Wildman–Crippen LogP) is 2.37. The Bertz CT molecular complexity index is 920. The van der Waals surface area contributed by atoms with E-state index in [1.54, 1.807) is 48.5 Å². The molecule has 0 aliphatic rings. The second-order valence-electron chi connectivity index (χ2n) is 6.82. The number of aryl methyl sites for hydroxylation is 1. The van der Waals surface area contributed by atoms with Crippen LogP contribution in [0.1, 0.15) is 31.4 Å². The van der Waals surface area contributed by atoms with Crippen LogP contribution in [-0.2, 0) is 36.8 Å². The van der Waals surface area contributed by atoms with E-state index in [9.17, 15) is 19.2 Å². The first-order chi connectivity index (χ1) is 14.8. The van der Waals surface area contributed by atoms with E-state index in [1.165, 1.54) is 21.0 Å². The van der Waals surface area contributed by atoms with E-state index < -0.39 is 23.9 Å². The van der Waals surface area contributed by atoms with Crippen molar-refractivity contribution < 1.29 is 33.4 Å². The fourth-order valence-electron chi connectivity index (χ4n) is 2.85. The van der Waals surface area contributed by atoms with Crippen LogP contribution in [0.2, 0.25) is 0 Å². The normalized spacial score (nSPS) is 11.2. The molecule has 0 bridgehead atoms. The number of amides is 1. The molecule has 0 spiro atoms. The van der Waals surface area contributed by atoms with Crippen molar-refractivity contribution in [3.05, 3.63) is 59.7 Å². The van der Waals surface area contributed by atoms with E-state index in [0.29, 0.717) is 17.9 Å². The number of ether oxygens (including phenoxy) is 3. The largest absolute Gasteiger partial charge is 0.467 e. The lowest BCUT2D eigenvalue weighted by atomic mass is 10.0. The topological polar surface area (TPSA) is 108 Å².